The van der Waals surface area contributed by atoms with E-state index >= 15 is 0 Å². The molecular weight excluding hydrogens is 278 g/mol. The van der Waals surface area contributed by atoms with Gasteiger partial charge in [-0.15, -0.1) is 0 Å². The highest BCUT2D eigenvalue weighted by molar-refractivity contribution is 5.77. The molecule has 1 atom stereocenters. The first-order valence-corrected chi connectivity index (χ1v) is 8.12. The molecule has 0 bridgehead atoms. The Bertz CT molecular complexity index is 464. The highest BCUT2D eigenvalue weighted by Crippen LogP contribution is 2.19. The van der Waals surface area contributed by atoms with Gasteiger partial charge in [-0.3, -0.25) is 9.69 Å². The predicted octanol–water partition coefficient (Wildman–Crippen LogP) is 2.82. The summed E-state index contributed by atoms with van der Waals surface area (Å²) < 4.78 is 10.7. The summed E-state index contributed by atoms with van der Waals surface area (Å²) >= 11 is 0. The van der Waals surface area contributed by atoms with Crippen molar-refractivity contribution >= 4 is 5.97 Å². The lowest BCUT2D eigenvalue weighted by Gasteiger charge is -2.26. The molecule has 1 aliphatic heterocycles. The van der Waals surface area contributed by atoms with Crippen molar-refractivity contribution in [1.82, 2.24) is 4.90 Å². The summed E-state index contributed by atoms with van der Waals surface area (Å²) in [5.41, 5.74) is 2.33. The molecule has 0 spiro atoms. The van der Waals surface area contributed by atoms with E-state index in [2.05, 4.69) is 30.9 Å². The van der Waals surface area contributed by atoms with E-state index in [0.29, 0.717) is 25.9 Å². The average molecular weight is 305 g/mol. The zero-order chi connectivity index (χ0) is 15.9. The van der Waals surface area contributed by atoms with Gasteiger partial charge in [0.1, 0.15) is 6.73 Å². The fourth-order valence-electron chi connectivity index (χ4n) is 2.56. The molecule has 2 rings (SSSR count). The summed E-state index contributed by atoms with van der Waals surface area (Å²) in [6, 6.07) is 8.30. The van der Waals surface area contributed by atoms with Gasteiger partial charge in [-0.05, 0) is 30.4 Å². The van der Waals surface area contributed by atoms with Crippen molar-refractivity contribution < 1.29 is 14.3 Å². The predicted molar refractivity (Wildman–Crippen MR) is 86.8 cm³/mol. The number of rotatable bonds is 6. The molecule has 0 aromatic heterocycles. The fraction of sp³-hybridized carbons (Fsp3) is 0.611. The summed E-state index contributed by atoms with van der Waals surface area (Å²) in [7, 11) is 0. The largest absolute Gasteiger partial charge is 0.449 e. The van der Waals surface area contributed by atoms with Crippen molar-refractivity contribution in [3.05, 3.63) is 35.4 Å². The standard InChI is InChI=1S/C18H27NO3/c1-14(2)12-16-4-6-17(7-5-16)15(3)18(20)22-13-19-8-10-21-11-9-19/h4-7,14-15H,8-13H2,1-3H3/t15-/m0/s1. The van der Waals surface area contributed by atoms with E-state index in [1.165, 1.54) is 5.56 Å². The molecule has 4 nitrogen and oxygen atoms in total. The van der Waals surface area contributed by atoms with E-state index in [-0.39, 0.29) is 11.9 Å². The van der Waals surface area contributed by atoms with Crippen LogP contribution in [0.25, 0.3) is 0 Å². The summed E-state index contributed by atoms with van der Waals surface area (Å²) in [5, 5.41) is 0. The monoisotopic (exact) mass is 305 g/mol. The minimum Gasteiger partial charge on any atom is -0.449 e. The lowest BCUT2D eigenvalue weighted by molar-refractivity contribution is -0.151. The molecule has 122 valence electrons. The Labute approximate surface area is 133 Å². The molecule has 0 radical (unpaired) electrons. The Kier molecular flexibility index (Phi) is 6.40. The van der Waals surface area contributed by atoms with Crippen molar-refractivity contribution in [1.29, 1.82) is 0 Å². The van der Waals surface area contributed by atoms with E-state index in [4.69, 9.17) is 9.47 Å². The van der Waals surface area contributed by atoms with Gasteiger partial charge in [0.25, 0.3) is 0 Å². The van der Waals surface area contributed by atoms with Crippen LogP contribution in [-0.4, -0.2) is 43.9 Å². The Balaban J connectivity index is 1.84. The van der Waals surface area contributed by atoms with Crippen LogP contribution in [0.1, 0.15) is 37.8 Å². The number of esters is 1. The number of carbonyl (C=O) groups is 1. The number of ether oxygens (including phenoxy) is 2. The molecule has 1 aliphatic rings. The third-order valence-electron chi connectivity index (χ3n) is 3.97. The highest BCUT2D eigenvalue weighted by Gasteiger charge is 2.19. The molecular formula is C18H27NO3. The second-order valence-corrected chi connectivity index (χ2v) is 6.38. The molecule has 0 saturated carbocycles. The maximum atomic E-state index is 12.2. The summed E-state index contributed by atoms with van der Waals surface area (Å²) in [6.07, 6.45) is 1.07. The maximum Gasteiger partial charge on any atom is 0.314 e. The summed E-state index contributed by atoms with van der Waals surface area (Å²) in [5.74, 6) is 0.249. The van der Waals surface area contributed by atoms with Gasteiger partial charge in [0, 0.05) is 13.1 Å². The molecule has 0 N–H and O–H groups in total. The molecule has 1 heterocycles. The molecule has 1 fully saturated rings. The zero-order valence-electron chi connectivity index (χ0n) is 13.9. The topological polar surface area (TPSA) is 38.8 Å². The normalized spacial score (nSPS) is 17.5. The zero-order valence-corrected chi connectivity index (χ0v) is 13.9. The van der Waals surface area contributed by atoms with Gasteiger partial charge in [0.2, 0.25) is 0 Å². The van der Waals surface area contributed by atoms with E-state index in [1.54, 1.807) is 0 Å². The first-order valence-electron chi connectivity index (χ1n) is 8.12. The first kappa shape index (κ1) is 17.0. The van der Waals surface area contributed by atoms with Gasteiger partial charge < -0.3 is 9.47 Å². The smallest absolute Gasteiger partial charge is 0.314 e. The number of hydrogen-bond acceptors (Lipinski definition) is 4. The average Bonchev–Trinajstić information content (AvgIpc) is 2.53. The minimum absolute atomic E-state index is 0.164. The Morgan fingerprint density at radius 2 is 1.82 bits per heavy atom. The van der Waals surface area contributed by atoms with Crippen LogP contribution in [0.5, 0.6) is 0 Å². The van der Waals surface area contributed by atoms with Crippen LogP contribution >= 0.6 is 0 Å². The van der Waals surface area contributed by atoms with Crippen LogP contribution < -0.4 is 0 Å². The highest BCUT2D eigenvalue weighted by atomic mass is 16.5. The van der Waals surface area contributed by atoms with Crippen molar-refractivity contribution in [2.75, 3.05) is 33.0 Å². The summed E-state index contributed by atoms with van der Waals surface area (Å²) in [4.78, 5) is 14.3. The van der Waals surface area contributed by atoms with Gasteiger partial charge >= 0.3 is 5.97 Å². The van der Waals surface area contributed by atoms with Crippen LogP contribution in [0.2, 0.25) is 0 Å². The van der Waals surface area contributed by atoms with E-state index in [0.717, 1.165) is 25.1 Å². The van der Waals surface area contributed by atoms with E-state index < -0.39 is 0 Å². The number of hydrogen-bond donors (Lipinski definition) is 0. The van der Waals surface area contributed by atoms with Crippen LogP contribution in [0.4, 0.5) is 0 Å². The fourth-order valence-corrected chi connectivity index (χ4v) is 2.56. The minimum atomic E-state index is -0.228. The first-order chi connectivity index (χ1) is 10.6. The SMILES string of the molecule is CC(C)Cc1ccc([C@H](C)C(=O)OCN2CCOCC2)cc1. The van der Waals surface area contributed by atoms with Gasteiger partial charge in [-0.25, -0.2) is 0 Å². The van der Waals surface area contributed by atoms with Crippen LogP contribution in [0, 0.1) is 5.92 Å². The Hall–Kier alpha value is -1.39. The molecule has 22 heavy (non-hydrogen) atoms. The Morgan fingerprint density at radius 1 is 1.18 bits per heavy atom. The molecule has 0 amide bonds. The van der Waals surface area contributed by atoms with Crippen molar-refractivity contribution in [3.63, 3.8) is 0 Å². The van der Waals surface area contributed by atoms with Gasteiger partial charge in [0.05, 0.1) is 19.1 Å². The van der Waals surface area contributed by atoms with Crippen molar-refractivity contribution in [3.8, 4) is 0 Å². The number of carbonyl (C=O) groups excluding carboxylic acids is 1. The molecule has 0 aliphatic carbocycles. The third-order valence-corrected chi connectivity index (χ3v) is 3.97. The second-order valence-electron chi connectivity index (χ2n) is 6.38. The van der Waals surface area contributed by atoms with E-state index in [9.17, 15) is 4.79 Å². The number of benzene rings is 1. The van der Waals surface area contributed by atoms with E-state index in [1.807, 2.05) is 19.1 Å². The molecule has 1 saturated heterocycles. The van der Waals surface area contributed by atoms with Crippen LogP contribution in [0.3, 0.4) is 0 Å². The maximum absolute atomic E-state index is 12.2. The number of nitrogens with zero attached hydrogens (tertiary/aromatic N) is 1. The second kappa shape index (κ2) is 8.30. The van der Waals surface area contributed by atoms with Gasteiger partial charge in [0.15, 0.2) is 0 Å². The lowest BCUT2D eigenvalue weighted by atomic mass is 9.97. The van der Waals surface area contributed by atoms with Crippen molar-refractivity contribution in [2.24, 2.45) is 5.92 Å². The Morgan fingerprint density at radius 3 is 2.41 bits per heavy atom. The summed E-state index contributed by atoms with van der Waals surface area (Å²) in [6.45, 7) is 9.75. The van der Waals surface area contributed by atoms with Gasteiger partial charge in [-0.2, -0.15) is 0 Å². The molecule has 1 aromatic rings. The lowest BCUT2D eigenvalue weighted by Crippen LogP contribution is -2.38. The van der Waals surface area contributed by atoms with Crippen molar-refractivity contribution in [2.45, 2.75) is 33.1 Å². The molecule has 1 aromatic carbocycles. The van der Waals surface area contributed by atoms with Crippen LogP contribution in [0.15, 0.2) is 24.3 Å². The number of morpholine rings is 1. The molecule has 0 unspecified atom stereocenters. The third kappa shape index (κ3) is 5.11. The quantitative estimate of drug-likeness (QED) is 0.758. The van der Waals surface area contributed by atoms with Crippen LogP contribution in [-0.2, 0) is 20.7 Å². The molecule has 4 heteroatoms. The van der Waals surface area contributed by atoms with Gasteiger partial charge in [-0.1, -0.05) is 38.1 Å².